The van der Waals surface area contributed by atoms with Gasteiger partial charge in [0.15, 0.2) is 0 Å². The van der Waals surface area contributed by atoms with Gasteiger partial charge in [0.25, 0.3) is 0 Å². The normalized spacial score (nSPS) is 28.0. The van der Waals surface area contributed by atoms with Crippen LogP contribution >= 0.6 is 11.6 Å². The van der Waals surface area contributed by atoms with E-state index >= 15 is 0 Å². The maximum atomic E-state index is 12.0. The average Bonchev–Trinajstić information content (AvgIpc) is 3.11. The Morgan fingerprint density at radius 2 is 2.35 bits per heavy atom. The standard InChI is InChI=1S/C15H22ClN3O/c1-2-19-9-13(16)14(18-19)8-17-15(20)7-12-6-10-3-4-11(12)5-10/h9-12H,2-8H2,1H3,(H,17,20). The van der Waals surface area contributed by atoms with Gasteiger partial charge in [0.2, 0.25) is 5.91 Å². The molecule has 3 rings (SSSR count). The highest BCUT2D eigenvalue weighted by atomic mass is 35.5. The molecule has 3 unspecified atom stereocenters. The molecule has 0 aromatic carbocycles. The Hall–Kier alpha value is -1.03. The molecule has 1 amide bonds. The number of carbonyl (C=O) groups is 1. The van der Waals surface area contributed by atoms with Crippen molar-refractivity contribution < 1.29 is 4.79 Å². The molecule has 1 aromatic heterocycles. The van der Waals surface area contributed by atoms with Crippen molar-refractivity contribution in [1.29, 1.82) is 0 Å². The van der Waals surface area contributed by atoms with E-state index in [9.17, 15) is 4.79 Å². The molecule has 1 aromatic rings. The molecular formula is C15H22ClN3O. The topological polar surface area (TPSA) is 46.9 Å². The summed E-state index contributed by atoms with van der Waals surface area (Å²) >= 11 is 6.09. The maximum absolute atomic E-state index is 12.0. The van der Waals surface area contributed by atoms with Crippen molar-refractivity contribution in [3.8, 4) is 0 Å². The van der Waals surface area contributed by atoms with E-state index < -0.39 is 0 Å². The molecule has 0 saturated heterocycles. The molecular weight excluding hydrogens is 274 g/mol. The number of aromatic nitrogens is 2. The molecule has 2 aliphatic rings. The molecule has 2 bridgehead atoms. The molecule has 5 heteroatoms. The first-order valence-electron chi connectivity index (χ1n) is 7.64. The SMILES string of the molecule is CCn1cc(Cl)c(CNC(=O)CC2CC3CCC2C3)n1. The summed E-state index contributed by atoms with van der Waals surface area (Å²) < 4.78 is 1.79. The number of carbonyl (C=O) groups excluding carboxylic acids is 1. The maximum Gasteiger partial charge on any atom is 0.220 e. The van der Waals surface area contributed by atoms with Gasteiger partial charge in [0.05, 0.1) is 11.6 Å². The van der Waals surface area contributed by atoms with Crippen molar-refractivity contribution >= 4 is 17.5 Å². The summed E-state index contributed by atoms with van der Waals surface area (Å²) in [6, 6.07) is 0. The third-order valence-corrected chi connectivity index (χ3v) is 5.21. The highest BCUT2D eigenvalue weighted by molar-refractivity contribution is 6.31. The second-order valence-electron chi connectivity index (χ2n) is 6.20. The van der Waals surface area contributed by atoms with Crippen LogP contribution in [0.15, 0.2) is 6.20 Å². The molecule has 0 radical (unpaired) electrons. The number of hydrogen-bond acceptors (Lipinski definition) is 2. The largest absolute Gasteiger partial charge is 0.350 e. The lowest BCUT2D eigenvalue weighted by molar-refractivity contribution is -0.122. The first-order valence-corrected chi connectivity index (χ1v) is 8.02. The average molecular weight is 296 g/mol. The second kappa shape index (κ2) is 5.76. The molecule has 2 saturated carbocycles. The summed E-state index contributed by atoms with van der Waals surface area (Å²) in [4.78, 5) is 12.0. The lowest BCUT2D eigenvalue weighted by atomic mass is 9.86. The quantitative estimate of drug-likeness (QED) is 0.908. The summed E-state index contributed by atoms with van der Waals surface area (Å²) in [6.07, 6.45) is 7.79. The van der Waals surface area contributed by atoms with Gasteiger partial charge in [0.1, 0.15) is 5.69 Å². The predicted molar refractivity (Wildman–Crippen MR) is 78.3 cm³/mol. The van der Waals surface area contributed by atoms with E-state index in [4.69, 9.17) is 11.6 Å². The van der Waals surface area contributed by atoms with E-state index in [0.717, 1.165) is 24.1 Å². The van der Waals surface area contributed by atoms with Crippen LogP contribution in [-0.4, -0.2) is 15.7 Å². The molecule has 1 heterocycles. The first-order chi connectivity index (χ1) is 9.65. The zero-order chi connectivity index (χ0) is 14.1. The van der Waals surface area contributed by atoms with Gasteiger partial charge in [-0.15, -0.1) is 0 Å². The van der Waals surface area contributed by atoms with Crippen LogP contribution in [-0.2, 0) is 17.9 Å². The summed E-state index contributed by atoms with van der Waals surface area (Å²) in [5.41, 5.74) is 0.759. The molecule has 2 aliphatic carbocycles. The Bertz CT molecular complexity index is 499. The number of hydrogen-bond donors (Lipinski definition) is 1. The first kappa shape index (κ1) is 13.9. The number of amides is 1. The Morgan fingerprint density at radius 3 is 2.95 bits per heavy atom. The van der Waals surface area contributed by atoms with Gasteiger partial charge in [-0.25, -0.2) is 0 Å². The number of nitrogens with one attached hydrogen (secondary N) is 1. The fraction of sp³-hybridized carbons (Fsp3) is 0.733. The predicted octanol–water partition coefficient (Wildman–Crippen LogP) is 3.00. The molecule has 3 atom stereocenters. The van der Waals surface area contributed by atoms with Crippen molar-refractivity contribution in [1.82, 2.24) is 15.1 Å². The van der Waals surface area contributed by atoms with Gasteiger partial charge in [-0.3, -0.25) is 9.48 Å². The van der Waals surface area contributed by atoms with Crippen LogP contribution in [0.1, 0.15) is 44.7 Å². The fourth-order valence-electron chi connectivity index (χ4n) is 3.84. The second-order valence-corrected chi connectivity index (χ2v) is 6.60. The Balaban J connectivity index is 1.48. The highest BCUT2D eigenvalue weighted by Gasteiger charge is 2.40. The van der Waals surface area contributed by atoms with Crippen LogP contribution < -0.4 is 5.32 Å². The van der Waals surface area contributed by atoms with Gasteiger partial charge in [-0.2, -0.15) is 5.10 Å². The van der Waals surface area contributed by atoms with Crippen LogP contribution in [0.25, 0.3) is 0 Å². The van der Waals surface area contributed by atoms with Gasteiger partial charge in [-0.05, 0) is 43.9 Å². The van der Waals surface area contributed by atoms with Gasteiger partial charge >= 0.3 is 0 Å². The van der Waals surface area contributed by atoms with E-state index in [1.54, 1.807) is 10.9 Å². The monoisotopic (exact) mass is 295 g/mol. The van der Waals surface area contributed by atoms with Crippen LogP contribution in [0.3, 0.4) is 0 Å². The Labute approximate surface area is 124 Å². The number of aryl methyl sites for hydroxylation is 1. The summed E-state index contributed by atoms with van der Waals surface area (Å²) in [7, 11) is 0. The van der Waals surface area contributed by atoms with Crippen LogP contribution in [0.2, 0.25) is 5.02 Å². The molecule has 110 valence electrons. The number of nitrogens with zero attached hydrogens (tertiary/aromatic N) is 2. The van der Waals surface area contributed by atoms with Crippen LogP contribution in [0.4, 0.5) is 0 Å². The minimum absolute atomic E-state index is 0.143. The molecule has 0 aliphatic heterocycles. The number of halogens is 1. The van der Waals surface area contributed by atoms with Crippen LogP contribution in [0.5, 0.6) is 0 Å². The Kier molecular flexibility index (Phi) is 4.01. The third-order valence-electron chi connectivity index (χ3n) is 4.90. The summed E-state index contributed by atoms with van der Waals surface area (Å²) in [5, 5.41) is 7.94. The molecule has 1 N–H and O–H groups in total. The van der Waals surface area contributed by atoms with Crippen molar-refractivity contribution in [2.45, 2.75) is 52.1 Å². The zero-order valence-electron chi connectivity index (χ0n) is 11.9. The third kappa shape index (κ3) is 2.85. The van der Waals surface area contributed by atoms with Gasteiger partial charge in [-0.1, -0.05) is 18.0 Å². The minimum Gasteiger partial charge on any atom is -0.350 e. The highest BCUT2D eigenvalue weighted by Crippen LogP contribution is 2.49. The van der Waals surface area contributed by atoms with Crippen molar-refractivity contribution in [2.24, 2.45) is 17.8 Å². The van der Waals surface area contributed by atoms with Crippen molar-refractivity contribution in [2.75, 3.05) is 0 Å². The molecule has 0 spiro atoms. The fourth-order valence-corrected chi connectivity index (χ4v) is 4.06. The lowest BCUT2D eigenvalue weighted by Crippen LogP contribution is -2.27. The van der Waals surface area contributed by atoms with Crippen molar-refractivity contribution in [3.05, 3.63) is 16.9 Å². The smallest absolute Gasteiger partial charge is 0.220 e. The lowest BCUT2D eigenvalue weighted by Gasteiger charge is -2.20. The summed E-state index contributed by atoms with van der Waals surface area (Å²) in [5.74, 6) is 2.45. The summed E-state index contributed by atoms with van der Waals surface area (Å²) in [6.45, 7) is 3.24. The van der Waals surface area contributed by atoms with Crippen LogP contribution in [0, 0.1) is 17.8 Å². The minimum atomic E-state index is 0.143. The molecule has 2 fully saturated rings. The van der Waals surface area contributed by atoms with Gasteiger partial charge < -0.3 is 5.32 Å². The van der Waals surface area contributed by atoms with E-state index in [2.05, 4.69) is 10.4 Å². The van der Waals surface area contributed by atoms with E-state index in [0.29, 0.717) is 23.9 Å². The zero-order valence-corrected chi connectivity index (χ0v) is 12.7. The van der Waals surface area contributed by atoms with Crippen molar-refractivity contribution in [3.63, 3.8) is 0 Å². The van der Waals surface area contributed by atoms with E-state index in [-0.39, 0.29) is 5.91 Å². The molecule has 20 heavy (non-hydrogen) atoms. The van der Waals surface area contributed by atoms with Gasteiger partial charge in [0, 0.05) is 19.2 Å². The number of fused-ring (bicyclic) bond motifs is 2. The van der Waals surface area contributed by atoms with E-state index in [1.165, 1.54) is 25.7 Å². The number of rotatable bonds is 5. The Morgan fingerprint density at radius 1 is 1.50 bits per heavy atom. The molecule has 4 nitrogen and oxygen atoms in total. The van der Waals surface area contributed by atoms with E-state index in [1.807, 2.05) is 6.92 Å².